The molecule has 0 fully saturated rings. The molecule has 2 aromatic carbocycles. The minimum Gasteiger partial charge on any atom is -0.307 e. The highest BCUT2D eigenvalue weighted by molar-refractivity contribution is 6.30. The third-order valence-corrected chi connectivity index (χ3v) is 4.46. The number of rotatable bonds is 6. The van der Waals surface area contributed by atoms with E-state index in [2.05, 4.69) is 19.2 Å². The molecular formula is C20H22ClN3O. The lowest BCUT2D eigenvalue weighted by Crippen LogP contribution is -2.31. The summed E-state index contributed by atoms with van der Waals surface area (Å²) >= 11 is 6.16. The van der Waals surface area contributed by atoms with Crippen molar-refractivity contribution in [3.8, 4) is 5.69 Å². The molecule has 0 radical (unpaired) electrons. The summed E-state index contributed by atoms with van der Waals surface area (Å²) in [6.07, 6.45) is 1.86. The zero-order valence-electron chi connectivity index (χ0n) is 14.5. The van der Waals surface area contributed by atoms with E-state index >= 15 is 0 Å². The van der Waals surface area contributed by atoms with Crippen molar-refractivity contribution < 1.29 is 0 Å². The van der Waals surface area contributed by atoms with Gasteiger partial charge >= 0.3 is 0 Å². The Hall–Kier alpha value is -2.17. The molecule has 0 bridgehead atoms. The van der Waals surface area contributed by atoms with Gasteiger partial charge in [-0.15, -0.1) is 0 Å². The summed E-state index contributed by atoms with van der Waals surface area (Å²) in [4.78, 5) is 18.0. The average molecular weight is 356 g/mol. The van der Waals surface area contributed by atoms with Crippen molar-refractivity contribution >= 4 is 22.5 Å². The van der Waals surface area contributed by atoms with E-state index in [0.29, 0.717) is 10.4 Å². The number of aromatic nitrogens is 2. The molecule has 0 saturated heterocycles. The van der Waals surface area contributed by atoms with E-state index in [9.17, 15) is 4.79 Å². The van der Waals surface area contributed by atoms with Crippen LogP contribution in [-0.2, 0) is 0 Å². The maximum absolute atomic E-state index is 13.2. The topological polar surface area (TPSA) is 46.9 Å². The highest BCUT2D eigenvalue weighted by Gasteiger charge is 2.19. The largest absolute Gasteiger partial charge is 0.307 e. The molecule has 0 saturated carbocycles. The van der Waals surface area contributed by atoms with Gasteiger partial charge in [0.05, 0.1) is 22.6 Å². The van der Waals surface area contributed by atoms with E-state index in [0.717, 1.165) is 36.4 Å². The van der Waals surface area contributed by atoms with Crippen LogP contribution in [0.3, 0.4) is 0 Å². The van der Waals surface area contributed by atoms with E-state index in [1.54, 1.807) is 16.7 Å². The molecule has 4 nitrogen and oxygen atoms in total. The number of nitrogens with zero attached hydrogens (tertiary/aromatic N) is 2. The summed E-state index contributed by atoms with van der Waals surface area (Å²) in [5.74, 6) is 0.724. The highest BCUT2D eigenvalue weighted by atomic mass is 35.5. The van der Waals surface area contributed by atoms with Crippen LogP contribution >= 0.6 is 11.6 Å². The van der Waals surface area contributed by atoms with Gasteiger partial charge in [-0.1, -0.05) is 43.6 Å². The predicted molar refractivity (Wildman–Crippen MR) is 104 cm³/mol. The van der Waals surface area contributed by atoms with Crippen LogP contribution in [0, 0.1) is 0 Å². The molecule has 0 unspecified atom stereocenters. The lowest BCUT2D eigenvalue weighted by Gasteiger charge is -2.21. The number of para-hydroxylation sites is 1. The quantitative estimate of drug-likeness (QED) is 0.708. The Kier molecular flexibility index (Phi) is 5.51. The predicted octanol–water partition coefficient (Wildman–Crippen LogP) is 4.49. The molecule has 3 rings (SSSR count). The molecule has 0 amide bonds. The Balaban J connectivity index is 2.29. The maximum Gasteiger partial charge on any atom is 0.266 e. The molecular weight excluding hydrogens is 334 g/mol. The monoisotopic (exact) mass is 355 g/mol. The van der Waals surface area contributed by atoms with Gasteiger partial charge in [-0.05, 0) is 49.7 Å². The number of nitrogens with one attached hydrogen (secondary N) is 1. The third kappa shape index (κ3) is 3.60. The molecule has 25 heavy (non-hydrogen) atoms. The molecule has 0 aliphatic heterocycles. The van der Waals surface area contributed by atoms with Gasteiger partial charge in [0.15, 0.2) is 0 Å². The fourth-order valence-electron chi connectivity index (χ4n) is 2.99. The lowest BCUT2D eigenvalue weighted by atomic mass is 10.1. The molecule has 0 aliphatic carbocycles. The van der Waals surface area contributed by atoms with Gasteiger partial charge in [0.25, 0.3) is 5.56 Å². The van der Waals surface area contributed by atoms with Gasteiger partial charge in [-0.25, -0.2) is 4.98 Å². The second-order valence-electron chi connectivity index (χ2n) is 6.02. The average Bonchev–Trinajstić information content (AvgIpc) is 2.62. The van der Waals surface area contributed by atoms with Crippen LogP contribution in [0.4, 0.5) is 0 Å². The standard InChI is InChI=1S/C20H22ClN3O/c1-3-12-22-17(4-2)19-23-18-11-6-5-10-16(18)20(25)24(19)15-9-7-8-14(21)13-15/h5-11,13,17,22H,3-4,12H2,1-2H3/t17-/m0/s1. The fourth-order valence-corrected chi connectivity index (χ4v) is 3.17. The number of benzene rings is 2. The first kappa shape index (κ1) is 17.6. The maximum atomic E-state index is 13.2. The van der Waals surface area contributed by atoms with Crippen LogP contribution in [0.1, 0.15) is 38.6 Å². The zero-order valence-corrected chi connectivity index (χ0v) is 15.3. The van der Waals surface area contributed by atoms with Crippen LogP contribution < -0.4 is 10.9 Å². The van der Waals surface area contributed by atoms with Crippen molar-refractivity contribution in [2.24, 2.45) is 0 Å². The van der Waals surface area contributed by atoms with Crippen LogP contribution in [0.15, 0.2) is 53.3 Å². The van der Waals surface area contributed by atoms with Crippen LogP contribution in [0.5, 0.6) is 0 Å². The minimum atomic E-state index is -0.0698. The van der Waals surface area contributed by atoms with Crippen LogP contribution in [0.2, 0.25) is 5.02 Å². The first-order valence-electron chi connectivity index (χ1n) is 8.66. The Morgan fingerprint density at radius 3 is 2.68 bits per heavy atom. The minimum absolute atomic E-state index is 0.00348. The van der Waals surface area contributed by atoms with E-state index in [1.807, 2.05) is 36.4 Å². The number of halogens is 1. The van der Waals surface area contributed by atoms with Crippen molar-refractivity contribution in [3.05, 3.63) is 69.7 Å². The summed E-state index contributed by atoms with van der Waals surface area (Å²) in [6, 6.07) is 14.8. The molecule has 1 N–H and O–H groups in total. The first-order chi connectivity index (χ1) is 12.2. The number of hydrogen-bond donors (Lipinski definition) is 1. The molecule has 5 heteroatoms. The van der Waals surface area contributed by atoms with Gasteiger partial charge in [-0.2, -0.15) is 0 Å². The molecule has 3 aromatic rings. The summed E-state index contributed by atoms with van der Waals surface area (Å²) in [7, 11) is 0. The summed E-state index contributed by atoms with van der Waals surface area (Å²) in [5, 5.41) is 4.70. The van der Waals surface area contributed by atoms with E-state index < -0.39 is 0 Å². The van der Waals surface area contributed by atoms with Crippen molar-refractivity contribution in [1.29, 1.82) is 0 Å². The van der Waals surface area contributed by atoms with Gasteiger partial charge in [0.1, 0.15) is 5.82 Å². The molecule has 1 heterocycles. The molecule has 130 valence electrons. The summed E-state index contributed by atoms with van der Waals surface area (Å²) < 4.78 is 1.69. The van der Waals surface area contributed by atoms with E-state index in [-0.39, 0.29) is 11.6 Å². The lowest BCUT2D eigenvalue weighted by molar-refractivity contribution is 0.484. The second kappa shape index (κ2) is 7.81. The SMILES string of the molecule is CCCN[C@@H](CC)c1nc2ccccc2c(=O)n1-c1cccc(Cl)c1. The first-order valence-corrected chi connectivity index (χ1v) is 9.04. The van der Waals surface area contributed by atoms with E-state index in [4.69, 9.17) is 16.6 Å². The van der Waals surface area contributed by atoms with Gasteiger partial charge in [0.2, 0.25) is 0 Å². The second-order valence-corrected chi connectivity index (χ2v) is 6.46. The normalized spacial score (nSPS) is 12.4. The molecule has 0 spiro atoms. The Labute approximate surface area is 152 Å². The Morgan fingerprint density at radius 1 is 1.16 bits per heavy atom. The fraction of sp³-hybridized carbons (Fsp3) is 0.300. The van der Waals surface area contributed by atoms with Gasteiger partial charge in [0, 0.05) is 5.02 Å². The molecule has 1 aromatic heterocycles. The Morgan fingerprint density at radius 2 is 1.96 bits per heavy atom. The van der Waals surface area contributed by atoms with Gasteiger partial charge < -0.3 is 5.32 Å². The van der Waals surface area contributed by atoms with Crippen molar-refractivity contribution in [2.75, 3.05) is 6.54 Å². The zero-order chi connectivity index (χ0) is 17.8. The van der Waals surface area contributed by atoms with E-state index in [1.165, 1.54) is 0 Å². The third-order valence-electron chi connectivity index (χ3n) is 4.23. The van der Waals surface area contributed by atoms with Crippen molar-refractivity contribution in [1.82, 2.24) is 14.9 Å². The smallest absolute Gasteiger partial charge is 0.266 e. The summed E-state index contributed by atoms with van der Waals surface area (Å²) in [6.45, 7) is 5.09. The van der Waals surface area contributed by atoms with Gasteiger partial charge in [-0.3, -0.25) is 9.36 Å². The molecule has 1 atom stereocenters. The van der Waals surface area contributed by atoms with Crippen molar-refractivity contribution in [3.63, 3.8) is 0 Å². The van der Waals surface area contributed by atoms with Crippen LogP contribution in [-0.4, -0.2) is 16.1 Å². The Bertz CT molecular complexity index is 936. The number of fused-ring (bicyclic) bond motifs is 1. The number of hydrogen-bond acceptors (Lipinski definition) is 3. The van der Waals surface area contributed by atoms with Crippen LogP contribution in [0.25, 0.3) is 16.6 Å². The summed E-state index contributed by atoms with van der Waals surface area (Å²) in [5.41, 5.74) is 1.39. The molecule has 0 aliphatic rings. The van der Waals surface area contributed by atoms with Crippen molar-refractivity contribution in [2.45, 2.75) is 32.7 Å². The highest BCUT2D eigenvalue weighted by Crippen LogP contribution is 2.22.